The summed E-state index contributed by atoms with van der Waals surface area (Å²) in [5.41, 5.74) is 2.11. The molecule has 1 aromatic rings. The van der Waals surface area contributed by atoms with Gasteiger partial charge in [-0.05, 0) is 12.5 Å². The highest BCUT2D eigenvalue weighted by Crippen LogP contribution is 2.21. The SMILES string of the molecule is COC(=O)C/C=C(\C)[C@@H](C)[C@H](O)[C@H](C)COCc1ccccc1. The van der Waals surface area contributed by atoms with Crippen molar-refractivity contribution < 1.29 is 19.4 Å². The van der Waals surface area contributed by atoms with Gasteiger partial charge in [0.1, 0.15) is 0 Å². The zero-order valence-corrected chi connectivity index (χ0v) is 14.5. The van der Waals surface area contributed by atoms with Crippen molar-refractivity contribution in [1.29, 1.82) is 0 Å². The quantitative estimate of drug-likeness (QED) is 0.560. The minimum atomic E-state index is -0.514. The molecule has 4 nitrogen and oxygen atoms in total. The number of carbonyl (C=O) groups is 1. The first kappa shape index (κ1) is 19.4. The number of rotatable bonds is 9. The maximum atomic E-state index is 11.2. The van der Waals surface area contributed by atoms with E-state index in [0.29, 0.717) is 13.2 Å². The number of benzene rings is 1. The topological polar surface area (TPSA) is 55.8 Å². The standard InChI is InChI=1S/C19H28O4/c1-14(10-11-18(20)22-4)16(3)19(21)15(2)12-23-13-17-8-6-5-7-9-17/h5-10,15-16,19,21H,11-13H2,1-4H3/b14-10+/t15-,16-,19-/m1/s1. The molecule has 0 saturated carbocycles. The Hall–Kier alpha value is -1.65. The molecular weight excluding hydrogens is 292 g/mol. The minimum Gasteiger partial charge on any atom is -0.469 e. The first-order chi connectivity index (χ1) is 11.0. The summed E-state index contributed by atoms with van der Waals surface area (Å²) in [5, 5.41) is 10.4. The van der Waals surface area contributed by atoms with Crippen LogP contribution >= 0.6 is 0 Å². The van der Waals surface area contributed by atoms with Crippen LogP contribution in [-0.2, 0) is 20.9 Å². The van der Waals surface area contributed by atoms with Crippen LogP contribution in [0.25, 0.3) is 0 Å². The van der Waals surface area contributed by atoms with Crippen LogP contribution in [0.5, 0.6) is 0 Å². The summed E-state index contributed by atoms with van der Waals surface area (Å²) in [6, 6.07) is 9.97. The second kappa shape index (κ2) is 10.2. The van der Waals surface area contributed by atoms with Gasteiger partial charge in [0.05, 0.1) is 32.8 Å². The Morgan fingerprint density at radius 1 is 1.26 bits per heavy atom. The molecule has 1 N–H and O–H groups in total. The number of methoxy groups -OCH3 is 1. The maximum absolute atomic E-state index is 11.2. The van der Waals surface area contributed by atoms with Gasteiger partial charge >= 0.3 is 5.97 Å². The third-order valence-electron chi connectivity index (χ3n) is 4.12. The highest BCUT2D eigenvalue weighted by Gasteiger charge is 2.22. The molecule has 23 heavy (non-hydrogen) atoms. The van der Waals surface area contributed by atoms with Gasteiger partial charge in [-0.15, -0.1) is 0 Å². The van der Waals surface area contributed by atoms with E-state index in [-0.39, 0.29) is 24.2 Å². The Morgan fingerprint density at radius 2 is 1.91 bits per heavy atom. The lowest BCUT2D eigenvalue weighted by Crippen LogP contribution is -2.29. The number of hydrogen-bond acceptors (Lipinski definition) is 4. The van der Waals surface area contributed by atoms with Gasteiger partial charge in [-0.3, -0.25) is 4.79 Å². The summed E-state index contributed by atoms with van der Waals surface area (Å²) in [6.45, 7) is 6.89. The summed E-state index contributed by atoms with van der Waals surface area (Å²) in [7, 11) is 1.37. The lowest BCUT2D eigenvalue weighted by molar-refractivity contribution is -0.139. The van der Waals surface area contributed by atoms with Crippen LogP contribution in [0, 0.1) is 11.8 Å². The number of hydrogen-bond donors (Lipinski definition) is 1. The molecule has 3 atom stereocenters. The predicted octanol–water partition coefficient (Wildman–Crippen LogP) is 3.35. The molecule has 0 aromatic heterocycles. The van der Waals surface area contributed by atoms with Crippen molar-refractivity contribution in [2.24, 2.45) is 11.8 Å². The highest BCUT2D eigenvalue weighted by molar-refractivity contribution is 5.71. The van der Waals surface area contributed by atoms with Gasteiger partial charge in [0.15, 0.2) is 0 Å². The van der Waals surface area contributed by atoms with Crippen molar-refractivity contribution in [3.8, 4) is 0 Å². The van der Waals surface area contributed by atoms with Gasteiger partial charge < -0.3 is 14.6 Å². The molecule has 0 spiro atoms. The lowest BCUT2D eigenvalue weighted by atomic mass is 9.88. The van der Waals surface area contributed by atoms with Crippen molar-refractivity contribution in [3.63, 3.8) is 0 Å². The van der Waals surface area contributed by atoms with Gasteiger partial charge in [0.2, 0.25) is 0 Å². The minimum absolute atomic E-state index is 0.00943. The second-order valence-corrected chi connectivity index (χ2v) is 5.99. The maximum Gasteiger partial charge on any atom is 0.309 e. The lowest BCUT2D eigenvalue weighted by Gasteiger charge is -2.25. The van der Waals surface area contributed by atoms with E-state index in [0.717, 1.165) is 11.1 Å². The molecule has 1 rings (SSSR count). The fraction of sp³-hybridized carbons (Fsp3) is 0.526. The molecule has 0 aliphatic heterocycles. The molecule has 0 radical (unpaired) electrons. The highest BCUT2D eigenvalue weighted by atomic mass is 16.5. The number of aliphatic hydroxyl groups excluding tert-OH is 1. The van der Waals surface area contributed by atoms with Crippen molar-refractivity contribution in [2.45, 2.75) is 39.9 Å². The van der Waals surface area contributed by atoms with E-state index in [9.17, 15) is 9.90 Å². The summed E-state index contributed by atoms with van der Waals surface area (Å²) < 4.78 is 10.3. The zero-order valence-electron chi connectivity index (χ0n) is 14.5. The second-order valence-electron chi connectivity index (χ2n) is 5.99. The van der Waals surface area contributed by atoms with Crippen LogP contribution in [0.2, 0.25) is 0 Å². The summed E-state index contributed by atoms with van der Waals surface area (Å²) in [5.74, 6) is -0.296. The Bertz CT molecular complexity index is 495. The number of esters is 1. The Labute approximate surface area is 139 Å². The third-order valence-corrected chi connectivity index (χ3v) is 4.12. The van der Waals surface area contributed by atoms with Crippen LogP contribution in [-0.4, -0.2) is 30.9 Å². The average molecular weight is 320 g/mol. The average Bonchev–Trinajstić information content (AvgIpc) is 2.58. The van der Waals surface area contributed by atoms with Crippen LogP contribution < -0.4 is 0 Å². The molecule has 4 heteroatoms. The molecule has 0 aliphatic rings. The summed E-state index contributed by atoms with van der Waals surface area (Å²) >= 11 is 0. The molecule has 0 bridgehead atoms. The normalized spacial score (nSPS) is 15.8. The van der Waals surface area contributed by atoms with E-state index in [1.807, 2.05) is 57.2 Å². The molecule has 0 fully saturated rings. The number of aliphatic hydroxyl groups is 1. The molecule has 0 heterocycles. The van der Waals surface area contributed by atoms with E-state index in [1.165, 1.54) is 7.11 Å². The van der Waals surface area contributed by atoms with Crippen molar-refractivity contribution >= 4 is 5.97 Å². The summed E-state index contributed by atoms with van der Waals surface area (Å²) in [6.07, 6.45) is 1.54. The fourth-order valence-electron chi connectivity index (χ4n) is 2.31. The predicted molar refractivity (Wildman–Crippen MR) is 90.8 cm³/mol. The van der Waals surface area contributed by atoms with E-state index in [2.05, 4.69) is 4.74 Å². The van der Waals surface area contributed by atoms with Gasteiger partial charge in [-0.25, -0.2) is 0 Å². The van der Waals surface area contributed by atoms with Crippen LogP contribution in [0.1, 0.15) is 32.8 Å². The number of ether oxygens (including phenoxy) is 2. The molecule has 0 aliphatic carbocycles. The molecular formula is C19H28O4. The Kier molecular flexibility index (Phi) is 8.59. The first-order valence-corrected chi connectivity index (χ1v) is 7.99. The Balaban J connectivity index is 2.42. The third kappa shape index (κ3) is 6.97. The largest absolute Gasteiger partial charge is 0.469 e. The van der Waals surface area contributed by atoms with Crippen LogP contribution in [0.3, 0.4) is 0 Å². The van der Waals surface area contributed by atoms with Crippen molar-refractivity contribution in [3.05, 3.63) is 47.5 Å². The molecule has 0 unspecified atom stereocenters. The van der Waals surface area contributed by atoms with Gasteiger partial charge in [-0.1, -0.05) is 55.8 Å². The first-order valence-electron chi connectivity index (χ1n) is 7.99. The molecule has 128 valence electrons. The summed E-state index contributed by atoms with van der Waals surface area (Å²) in [4.78, 5) is 11.2. The fourth-order valence-corrected chi connectivity index (χ4v) is 2.31. The molecule has 1 aromatic carbocycles. The van der Waals surface area contributed by atoms with Gasteiger partial charge in [0, 0.05) is 11.8 Å². The van der Waals surface area contributed by atoms with E-state index >= 15 is 0 Å². The number of carbonyl (C=O) groups excluding carboxylic acids is 1. The van der Waals surface area contributed by atoms with Crippen molar-refractivity contribution in [1.82, 2.24) is 0 Å². The molecule has 0 amide bonds. The van der Waals surface area contributed by atoms with Crippen LogP contribution in [0.15, 0.2) is 42.0 Å². The van der Waals surface area contributed by atoms with Crippen molar-refractivity contribution in [2.75, 3.05) is 13.7 Å². The molecule has 0 saturated heterocycles. The van der Waals surface area contributed by atoms with E-state index in [4.69, 9.17) is 4.74 Å². The Morgan fingerprint density at radius 3 is 2.52 bits per heavy atom. The van der Waals surface area contributed by atoms with Gasteiger partial charge in [0.25, 0.3) is 0 Å². The zero-order chi connectivity index (χ0) is 17.2. The van der Waals surface area contributed by atoms with Gasteiger partial charge in [-0.2, -0.15) is 0 Å². The van der Waals surface area contributed by atoms with E-state index in [1.54, 1.807) is 0 Å². The smallest absolute Gasteiger partial charge is 0.309 e. The van der Waals surface area contributed by atoms with E-state index < -0.39 is 6.10 Å². The van der Waals surface area contributed by atoms with Crippen LogP contribution in [0.4, 0.5) is 0 Å². The monoisotopic (exact) mass is 320 g/mol.